The van der Waals surface area contributed by atoms with Crippen LogP contribution in [0, 0.1) is 5.41 Å². The summed E-state index contributed by atoms with van der Waals surface area (Å²) in [6.07, 6.45) is 1.09. The predicted molar refractivity (Wildman–Crippen MR) is 96.4 cm³/mol. The van der Waals surface area contributed by atoms with Gasteiger partial charge in [-0.3, -0.25) is 4.79 Å². The molecule has 0 unspecified atom stereocenters. The van der Waals surface area contributed by atoms with Gasteiger partial charge in [0.2, 0.25) is 0 Å². The largest absolute Gasteiger partial charge is 0.457 e. The molecule has 1 fully saturated rings. The summed E-state index contributed by atoms with van der Waals surface area (Å²) in [7, 11) is -4.16. The van der Waals surface area contributed by atoms with Gasteiger partial charge in [-0.2, -0.15) is 8.42 Å². The maximum Gasteiger partial charge on any atom is 0.341 e. The molecule has 1 aliphatic heterocycles. The first kappa shape index (κ1) is 18.4. The first-order chi connectivity index (χ1) is 12.4. The van der Waals surface area contributed by atoms with E-state index >= 15 is 0 Å². The fraction of sp³-hybridized carbons (Fsp3) is 0.316. The summed E-state index contributed by atoms with van der Waals surface area (Å²) in [5.41, 5.74) is -0.783. The van der Waals surface area contributed by atoms with E-state index in [1.54, 1.807) is 19.1 Å². The van der Waals surface area contributed by atoms with E-state index in [4.69, 9.17) is 8.92 Å². The zero-order valence-electron chi connectivity index (χ0n) is 14.5. The predicted octanol–water partition coefficient (Wildman–Crippen LogP) is 3.10. The van der Waals surface area contributed by atoms with Gasteiger partial charge in [0.25, 0.3) is 0 Å². The number of piperidine rings is 1. The Balaban J connectivity index is 1.70. The maximum absolute atomic E-state index is 12.4. The van der Waals surface area contributed by atoms with Gasteiger partial charge in [0.05, 0.1) is 5.41 Å². The lowest BCUT2D eigenvalue weighted by atomic mass is 9.81. The van der Waals surface area contributed by atoms with Crippen LogP contribution in [0.2, 0.25) is 0 Å². The zero-order chi connectivity index (χ0) is 18.6. The van der Waals surface area contributed by atoms with Crippen molar-refractivity contribution in [3.05, 3.63) is 54.6 Å². The smallest absolute Gasteiger partial charge is 0.341 e. The van der Waals surface area contributed by atoms with Crippen LogP contribution < -0.4 is 10.1 Å². The summed E-state index contributed by atoms with van der Waals surface area (Å²) >= 11 is 0. The Labute approximate surface area is 153 Å². The minimum atomic E-state index is -4.16. The lowest BCUT2D eigenvalue weighted by molar-refractivity contribution is -0.145. The highest BCUT2D eigenvalue weighted by Crippen LogP contribution is 2.31. The monoisotopic (exact) mass is 375 g/mol. The molecule has 6 nitrogen and oxygen atoms in total. The molecule has 0 aliphatic carbocycles. The second-order valence-corrected chi connectivity index (χ2v) is 8.07. The highest BCUT2D eigenvalue weighted by Gasteiger charge is 2.39. The van der Waals surface area contributed by atoms with Crippen molar-refractivity contribution >= 4 is 16.1 Å². The van der Waals surface area contributed by atoms with Gasteiger partial charge in [0.1, 0.15) is 16.4 Å². The number of rotatable bonds is 5. The molecule has 0 spiro atoms. The summed E-state index contributed by atoms with van der Waals surface area (Å²) in [6, 6.07) is 14.9. The van der Waals surface area contributed by atoms with Crippen molar-refractivity contribution in [2.24, 2.45) is 5.41 Å². The van der Waals surface area contributed by atoms with Crippen molar-refractivity contribution < 1.29 is 22.1 Å². The molecule has 2 aromatic carbocycles. The Bertz CT molecular complexity index is 857. The van der Waals surface area contributed by atoms with E-state index in [1.807, 2.05) is 18.2 Å². The van der Waals surface area contributed by atoms with Crippen LogP contribution in [0.4, 0.5) is 0 Å². The molecule has 2 aromatic rings. The SMILES string of the molecule is CC1(C(=O)OS(=O)(=O)c2ccc(Oc3ccccc3)cc2)CCNCC1. The fourth-order valence-corrected chi connectivity index (χ4v) is 3.70. The summed E-state index contributed by atoms with van der Waals surface area (Å²) in [4.78, 5) is 12.3. The second kappa shape index (κ2) is 7.47. The normalized spacial score (nSPS) is 16.7. The quantitative estimate of drug-likeness (QED) is 0.809. The molecule has 26 heavy (non-hydrogen) atoms. The van der Waals surface area contributed by atoms with Crippen molar-refractivity contribution in [2.45, 2.75) is 24.7 Å². The topological polar surface area (TPSA) is 81.7 Å². The van der Waals surface area contributed by atoms with Crippen LogP contribution in [0.15, 0.2) is 59.5 Å². The summed E-state index contributed by atoms with van der Waals surface area (Å²) in [5.74, 6) is 0.434. The minimum absolute atomic E-state index is 0.0798. The standard InChI is InChI=1S/C19H21NO5S/c1-19(11-13-20-14-12-19)18(21)25-26(22,23)17-9-7-16(8-10-17)24-15-5-3-2-4-6-15/h2-10,20H,11-14H2,1H3. The van der Waals surface area contributed by atoms with Crippen molar-refractivity contribution in [2.75, 3.05) is 13.1 Å². The van der Waals surface area contributed by atoms with Gasteiger partial charge >= 0.3 is 16.1 Å². The van der Waals surface area contributed by atoms with E-state index < -0.39 is 21.5 Å². The van der Waals surface area contributed by atoms with E-state index in [-0.39, 0.29) is 4.90 Å². The lowest BCUT2D eigenvalue weighted by Crippen LogP contribution is -2.41. The molecule has 7 heteroatoms. The maximum atomic E-state index is 12.4. The molecule has 0 bridgehead atoms. The lowest BCUT2D eigenvalue weighted by Gasteiger charge is -2.31. The van der Waals surface area contributed by atoms with Gasteiger partial charge in [-0.25, -0.2) is 0 Å². The minimum Gasteiger partial charge on any atom is -0.457 e. The van der Waals surface area contributed by atoms with E-state index in [0.29, 0.717) is 37.4 Å². The molecule has 0 amide bonds. The van der Waals surface area contributed by atoms with Crippen LogP contribution in [0.1, 0.15) is 19.8 Å². The van der Waals surface area contributed by atoms with Crippen LogP contribution >= 0.6 is 0 Å². The Kier molecular flexibility index (Phi) is 5.29. The summed E-state index contributed by atoms with van der Waals surface area (Å²) in [6.45, 7) is 3.07. The Morgan fingerprint density at radius 2 is 1.54 bits per heavy atom. The van der Waals surface area contributed by atoms with E-state index in [1.165, 1.54) is 24.3 Å². The summed E-state index contributed by atoms with van der Waals surface area (Å²) < 4.78 is 35.3. The average Bonchev–Trinajstić information content (AvgIpc) is 2.63. The molecule has 1 heterocycles. The molecule has 1 N–H and O–H groups in total. The molecule has 3 rings (SSSR count). The van der Waals surface area contributed by atoms with E-state index in [2.05, 4.69) is 5.32 Å². The van der Waals surface area contributed by atoms with Crippen LogP contribution in [0.5, 0.6) is 11.5 Å². The number of ether oxygens (including phenoxy) is 1. The summed E-state index contributed by atoms with van der Waals surface area (Å²) in [5, 5.41) is 3.14. The molecule has 0 aromatic heterocycles. The third-order valence-corrected chi connectivity index (χ3v) is 5.70. The third-order valence-electron chi connectivity index (χ3n) is 4.48. The van der Waals surface area contributed by atoms with Crippen molar-refractivity contribution in [3.63, 3.8) is 0 Å². The molecule has 0 atom stereocenters. The highest BCUT2D eigenvalue weighted by molar-refractivity contribution is 7.87. The first-order valence-electron chi connectivity index (χ1n) is 8.42. The third kappa shape index (κ3) is 4.23. The molecular weight excluding hydrogens is 354 g/mol. The Morgan fingerprint density at radius 1 is 0.962 bits per heavy atom. The van der Waals surface area contributed by atoms with Gasteiger partial charge in [-0.15, -0.1) is 0 Å². The molecule has 1 saturated heterocycles. The number of carbonyl (C=O) groups excluding carboxylic acids is 1. The van der Waals surface area contributed by atoms with Gasteiger partial charge in [0.15, 0.2) is 0 Å². The van der Waals surface area contributed by atoms with Gasteiger partial charge in [-0.1, -0.05) is 18.2 Å². The van der Waals surface area contributed by atoms with Crippen molar-refractivity contribution in [1.82, 2.24) is 5.32 Å². The molecule has 1 aliphatic rings. The van der Waals surface area contributed by atoms with E-state index in [9.17, 15) is 13.2 Å². The highest BCUT2D eigenvalue weighted by atomic mass is 32.2. The molecule has 138 valence electrons. The van der Waals surface area contributed by atoms with Crippen LogP contribution in [-0.4, -0.2) is 27.5 Å². The number of para-hydroxylation sites is 1. The number of carbonyl (C=O) groups is 1. The average molecular weight is 375 g/mol. The number of hydrogen-bond donors (Lipinski definition) is 1. The molecule has 0 saturated carbocycles. The molecule has 0 radical (unpaired) electrons. The Hall–Kier alpha value is -2.38. The van der Waals surface area contributed by atoms with Gasteiger partial charge in [0, 0.05) is 0 Å². The number of hydrogen-bond acceptors (Lipinski definition) is 6. The van der Waals surface area contributed by atoms with Crippen LogP contribution in [-0.2, 0) is 19.1 Å². The zero-order valence-corrected chi connectivity index (χ0v) is 15.3. The molecular formula is C19H21NO5S. The van der Waals surface area contributed by atoms with Crippen LogP contribution in [0.3, 0.4) is 0 Å². The Morgan fingerprint density at radius 3 is 2.15 bits per heavy atom. The van der Waals surface area contributed by atoms with E-state index in [0.717, 1.165) is 0 Å². The fourth-order valence-electron chi connectivity index (χ4n) is 2.73. The second-order valence-electron chi connectivity index (χ2n) is 6.52. The van der Waals surface area contributed by atoms with Gasteiger partial charge < -0.3 is 14.2 Å². The van der Waals surface area contributed by atoms with Crippen molar-refractivity contribution in [1.29, 1.82) is 0 Å². The number of benzene rings is 2. The van der Waals surface area contributed by atoms with Gasteiger partial charge in [-0.05, 0) is 69.3 Å². The van der Waals surface area contributed by atoms with Crippen LogP contribution in [0.25, 0.3) is 0 Å². The first-order valence-corrected chi connectivity index (χ1v) is 9.83. The number of nitrogens with one attached hydrogen (secondary N) is 1. The van der Waals surface area contributed by atoms with Crippen molar-refractivity contribution in [3.8, 4) is 11.5 Å².